The van der Waals surface area contributed by atoms with Crippen molar-refractivity contribution in [2.24, 2.45) is 0 Å². The van der Waals surface area contributed by atoms with Crippen LogP contribution in [-0.4, -0.2) is 18.3 Å². The second-order valence-electron chi connectivity index (χ2n) is 16.9. The lowest BCUT2D eigenvalue weighted by Gasteiger charge is -2.25. The first-order chi connectivity index (χ1) is 31.8. The van der Waals surface area contributed by atoms with E-state index in [0.717, 1.165) is 22.8 Å². The molecule has 13 aromatic rings. The smallest absolute Gasteiger partial charge is 0.123 e. The lowest BCUT2D eigenvalue weighted by molar-refractivity contribution is 0.590. The Balaban J connectivity index is 1.03. The molecule has 0 saturated carbocycles. The Morgan fingerprint density at radius 2 is 0.828 bits per heavy atom. The maximum absolute atomic E-state index is 3.92. The summed E-state index contributed by atoms with van der Waals surface area (Å²) in [5.41, 5.74) is 15.2. The average molecular weight is 818 g/mol. The molecular formula is C59H39N5. The van der Waals surface area contributed by atoms with E-state index in [9.17, 15) is 0 Å². The maximum atomic E-state index is 3.92. The van der Waals surface area contributed by atoms with E-state index in [-0.39, 0.29) is 6.17 Å². The van der Waals surface area contributed by atoms with E-state index >= 15 is 0 Å². The zero-order valence-electron chi connectivity index (χ0n) is 34.7. The van der Waals surface area contributed by atoms with Crippen LogP contribution >= 0.6 is 0 Å². The molecule has 1 unspecified atom stereocenters. The van der Waals surface area contributed by atoms with Crippen LogP contribution in [0.25, 0.3) is 110 Å². The molecule has 0 amide bonds. The van der Waals surface area contributed by atoms with Crippen molar-refractivity contribution in [2.45, 2.75) is 6.17 Å². The average Bonchev–Trinajstić information content (AvgIpc) is 4.09. The number of allylic oxidation sites excluding steroid dienone is 2. The highest BCUT2D eigenvalue weighted by atomic mass is 15.2. The van der Waals surface area contributed by atoms with Crippen LogP contribution in [-0.2, 0) is 0 Å². The number of hydrogen-bond donors (Lipinski definition) is 1. The minimum atomic E-state index is -0.0985. The quantitative estimate of drug-likeness (QED) is 0.184. The molecule has 0 radical (unpaired) electrons. The highest BCUT2D eigenvalue weighted by molar-refractivity contribution is 6.27. The zero-order valence-corrected chi connectivity index (χ0v) is 34.7. The van der Waals surface area contributed by atoms with E-state index in [4.69, 9.17) is 0 Å². The Hall–Kier alpha value is -8.54. The molecule has 64 heavy (non-hydrogen) atoms. The van der Waals surface area contributed by atoms with E-state index in [1.807, 2.05) is 0 Å². The van der Waals surface area contributed by atoms with Crippen LogP contribution in [0.15, 0.2) is 224 Å². The van der Waals surface area contributed by atoms with Gasteiger partial charge in [-0.3, -0.25) is 0 Å². The minimum absolute atomic E-state index is 0.0985. The molecule has 0 aliphatic carbocycles. The summed E-state index contributed by atoms with van der Waals surface area (Å²) in [7, 11) is 0. The topological polar surface area (TPSA) is 31.8 Å². The van der Waals surface area contributed by atoms with Gasteiger partial charge < -0.3 is 23.6 Å². The van der Waals surface area contributed by atoms with E-state index in [1.165, 1.54) is 92.8 Å². The van der Waals surface area contributed by atoms with Crippen molar-refractivity contribution in [3.05, 3.63) is 230 Å². The standard InChI is InChI=1S/C59H39N5/c1-3-17-38(18-4-1)48-27-16-32-55(60-48)64-50-29-12-8-24-43(50)45-34-36-54-57(59(45)64)47-26-10-14-31-52(47)62(54)40-21-15-22-41(37-40)63-49-28-11-7-23-42(49)44-33-35-53-56(58(44)63)46-25-9-13-30-51(46)61(53)39-19-5-2-6-20-39/h1-37,55,60H. The van der Waals surface area contributed by atoms with E-state index in [0.29, 0.717) is 0 Å². The van der Waals surface area contributed by atoms with Crippen molar-refractivity contribution in [3.8, 4) is 17.1 Å². The number of benzene rings is 9. The van der Waals surface area contributed by atoms with Gasteiger partial charge in [-0.15, -0.1) is 0 Å². The zero-order chi connectivity index (χ0) is 41.9. The van der Waals surface area contributed by atoms with Gasteiger partial charge in [0.1, 0.15) is 6.17 Å². The van der Waals surface area contributed by atoms with Gasteiger partial charge in [0.25, 0.3) is 0 Å². The van der Waals surface area contributed by atoms with Gasteiger partial charge in [-0.05, 0) is 84.4 Å². The number of nitrogens with one attached hydrogen (secondary N) is 1. The molecule has 5 heteroatoms. The molecule has 0 fully saturated rings. The van der Waals surface area contributed by atoms with Crippen LogP contribution in [0.3, 0.4) is 0 Å². The van der Waals surface area contributed by atoms with E-state index in [2.05, 4.69) is 248 Å². The first-order valence-electron chi connectivity index (χ1n) is 22.1. The Labute approximate surface area is 368 Å². The van der Waals surface area contributed by atoms with Crippen molar-refractivity contribution in [2.75, 3.05) is 0 Å². The summed E-state index contributed by atoms with van der Waals surface area (Å²) in [6, 6.07) is 75.3. The van der Waals surface area contributed by atoms with Crippen molar-refractivity contribution < 1.29 is 0 Å². The molecule has 5 heterocycles. The van der Waals surface area contributed by atoms with Crippen LogP contribution in [0.2, 0.25) is 0 Å². The Kier molecular flexibility index (Phi) is 7.39. The Bertz CT molecular complexity index is 4100. The molecule has 9 aromatic carbocycles. The van der Waals surface area contributed by atoms with Gasteiger partial charge >= 0.3 is 0 Å². The number of aromatic nitrogens is 4. The predicted molar refractivity (Wildman–Crippen MR) is 268 cm³/mol. The summed E-state index contributed by atoms with van der Waals surface area (Å²) >= 11 is 0. The SMILES string of the molecule is C1=CC(n2c3ccccc3c3ccc4c(c5ccccc5n4-c4cccc(-n5c6ccccc6c6ccc7c(c8ccccc8n7-c7ccccc7)c65)c4)c32)NC(c2ccccc2)=C1. The fraction of sp³-hybridized carbons (Fsp3) is 0.0169. The Morgan fingerprint density at radius 1 is 0.344 bits per heavy atom. The predicted octanol–water partition coefficient (Wildman–Crippen LogP) is 14.8. The van der Waals surface area contributed by atoms with Crippen molar-refractivity contribution >= 4 is 92.9 Å². The fourth-order valence-corrected chi connectivity index (χ4v) is 11.0. The molecule has 1 aliphatic rings. The molecule has 1 aliphatic heterocycles. The monoisotopic (exact) mass is 817 g/mol. The number of hydrogen-bond acceptors (Lipinski definition) is 1. The van der Waals surface area contributed by atoms with Crippen LogP contribution in [0.4, 0.5) is 0 Å². The van der Waals surface area contributed by atoms with Gasteiger partial charge in [0.15, 0.2) is 0 Å². The summed E-state index contributed by atoms with van der Waals surface area (Å²) in [5.74, 6) is 0. The van der Waals surface area contributed by atoms with Gasteiger partial charge in [-0.25, -0.2) is 0 Å². The number of dihydropyridines is 1. The third-order valence-corrected chi connectivity index (χ3v) is 13.6. The third-order valence-electron chi connectivity index (χ3n) is 13.6. The first-order valence-corrected chi connectivity index (χ1v) is 22.1. The molecule has 1 atom stereocenters. The highest BCUT2D eigenvalue weighted by Crippen LogP contribution is 2.45. The molecular weight excluding hydrogens is 779 g/mol. The molecule has 300 valence electrons. The van der Waals surface area contributed by atoms with Crippen LogP contribution in [0, 0.1) is 0 Å². The molecule has 4 aromatic heterocycles. The van der Waals surface area contributed by atoms with Gasteiger partial charge in [0.05, 0.1) is 44.1 Å². The summed E-state index contributed by atoms with van der Waals surface area (Å²) in [6.07, 6.45) is 6.55. The molecule has 0 saturated heterocycles. The number of para-hydroxylation sites is 5. The summed E-state index contributed by atoms with van der Waals surface area (Å²) in [4.78, 5) is 0. The second kappa shape index (κ2) is 13.5. The second-order valence-corrected chi connectivity index (χ2v) is 16.9. The normalized spacial score (nSPS) is 14.2. The lowest BCUT2D eigenvalue weighted by Crippen LogP contribution is -2.25. The minimum Gasteiger partial charge on any atom is -0.361 e. The molecule has 0 bridgehead atoms. The maximum Gasteiger partial charge on any atom is 0.123 e. The molecule has 5 nitrogen and oxygen atoms in total. The third kappa shape index (κ3) is 4.89. The molecule has 1 N–H and O–H groups in total. The summed E-state index contributed by atoms with van der Waals surface area (Å²) < 4.78 is 9.90. The van der Waals surface area contributed by atoms with Gasteiger partial charge in [0, 0.05) is 65.8 Å². The number of rotatable bonds is 5. The van der Waals surface area contributed by atoms with Crippen LogP contribution in [0.1, 0.15) is 11.7 Å². The highest BCUT2D eigenvalue weighted by Gasteiger charge is 2.25. The Morgan fingerprint density at radius 3 is 1.50 bits per heavy atom. The van der Waals surface area contributed by atoms with Crippen LogP contribution in [0.5, 0.6) is 0 Å². The molecule has 14 rings (SSSR count). The van der Waals surface area contributed by atoms with Gasteiger partial charge in [-0.2, -0.15) is 0 Å². The van der Waals surface area contributed by atoms with Gasteiger partial charge in [-0.1, -0.05) is 146 Å². The van der Waals surface area contributed by atoms with Crippen LogP contribution < -0.4 is 5.32 Å². The number of nitrogens with zero attached hydrogens (tertiary/aromatic N) is 4. The van der Waals surface area contributed by atoms with Crippen molar-refractivity contribution in [3.63, 3.8) is 0 Å². The van der Waals surface area contributed by atoms with Crippen molar-refractivity contribution in [1.29, 1.82) is 0 Å². The lowest BCUT2D eigenvalue weighted by atomic mass is 10.1. The first kappa shape index (κ1) is 35.1. The fourth-order valence-electron chi connectivity index (χ4n) is 11.0. The summed E-state index contributed by atoms with van der Waals surface area (Å²) in [5, 5.41) is 13.9. The van der Waals surface area contributed by atoms with Gasteiger partial charge in [0.2, 0.25) is 0 Å². The van der Waals surface area contributed by atoms with E-state index in [1.54, 1.807) is 0 Å². The van der Waals surface area contributed by atoms with Crippen molar-refractivity contribution in [1.82, 2.24) is 23.6 Å². The molecule has 0 spiro atoms. The summed E-state index contributed by atoms with van der Waals surface area (Å²) in [6.45, 7) is 0. The largest absolute Gasteiger partial charge is 0.361 e. The number of fused-ring (bicyclic) bond motifs is 14. The van der Waals surface area contributed by atoms with E-state index < -0.39 is 0 Å².